The van der Waals surface area contributed by atoms with Gasteiger partial charge in [-0.2, -0.15) is 0 Å². The Bertz CT molecular complexity index is 1100. The first-order valence-corrected chi connectivity index (χ1v) is 9.67. The van der Waals surface area contributed by atoms with Crippen LogP contribution in [0.25, 0.3) is 10.9 Å². The molecule has 0 saturated carbocycles. The highest BCUT2D eigenvalue weighted by molar-refractivity contribution is 6.30. The number of aliphatic hydroxyl groups is 1. The Kier molecular flexibility index (Phi) is 4.89. The maximum Gasteiger partial charge on any atom is 0.256 e. The zero-order valence-corrected chi connectivity index (χ0v) is 16.4. The molecule has 1 aliphatic heterocycles. The van der Waals surface area contributed by atoms with Gasteiger partial charge < -0.3 is 14.6 Å². The number of likely N-dealkylation sites (tertiary alicyclic amines) is 1. The van der Waals surface area contributed by atoms with Crippen molar-refractivity contribution in [3.8, 4) is 11.8 Å². The number of fused-ring (bicyclic) bond motifs is 1. The Labute approximate surface area is 169 Å². The molecule has 4 rings (SSSR count). The lowest BCUT2D eigenvalue weighted by molar-refractivity contribution is 0.0250. The van der Waals surface area contributed by atoms with E-state index >= 15 is 0 Å². The third kappa shape index (κ3) is 3.64. The van der Waals surface area contributed by atoms with Gasteiger partial charge in [0.2, 0.25) is 0 Å². The highest BCUT2D eigenvalue weighted by Crippen LogP contribution is 2.26. The van der Waals surface area contributed by atoms with E-state index in [9.17, 15) is 9.90 Å². The van der Waals surface area contributed by atoms with Crippen LogP contribution in [0.1, 0.15) is 28.8 Å². The number of nitrogens with zero attached hydrogens (tertiary/aromatic N) is 2. The van der Waals surface area contributed by atoms with Crippen LogP contribution in [0, 0.1) is 11.8 Å². The second-order valence-electron chi connectivity index (χ2n) is 7.25. The molecule has 1 saturated heterocycles. The van der Waals surface area contributed by atoms with E-state index in [1.54, 1.807) is 17.0 Å². The summed E-state index contributed by atoms with van der Waals surface area (Å²) in [6.07, 6.45) is 2.74. The molecule has 0 atom stereocenters. The maximum atomic E-state index is 13.0. The zero-order valence-electron chi connectivity index (χ0n) is 15.7. The molecule has 5 heteroatoms. The van der Waals surface area contributed by atoms with E-state index in [0.29, 0.717) is 36.5 Å². The van der Waals surface area contributed by atoms with Crippen molar-refractivity contribution in [3.05, 3.63) is 70.9 Å². The highest BCUT2D eigenvalue weighted by Gasteiger charge is 2.33. The highest BCUT2D eigenvalue weighted by atomic mass is 35.5. The first kappa shape index (κ1) is 18.6. The summed E-state index contributed by atoms with van der Waals surface area (Å²) in [4.78, 5) is 14.8. The molecule has 1 N–H and O–H groups in total. The van der Waals surface area contributed by atoms with Gasteiger partial charge in [-0.3, -0.25) is 4.79 Å². The molecule has 1 aromatic heterocycles. The number of para-hydroxylation sites is 1. The molecule has 3 aromatic rings. The summed E-state index contributed by atoms with van der Waals surface area (Å²) in [5.74, 6) is 5.99. The lowest BCUT2D eigenvalue weighted by Gasteiger charge is -2.35. The zero-order chi connectivity index (χ0) is 19.7. The van der Waals surface area contributed by atoms with E-state index in [0.717, 1.165) is 16.5 Å². The Balaban J connectivity index is 1.48. The van der Waals surface area contributed by atoms with Gasteiger partial charge in [0.1, 0.15) is 5.60 Å². The number of halogens is 1. The first-order valence-electron chi connectivity index (χ1n) is 9.30. The van der Waals surface area contributed by atoms with E-state index in [-0.39, 0.29) is 5.91 Å². The summed E-state index contributed by atoms with van der Waals surface area (Å²) in [5, 5.41) is 12.4. The topological polar surface area (TPSA) is 45.5 Å². The van der Waals surface area contributed by atoms with Crippen LogP contribution in [-0.4, -0.2) is 39.2 Å². The minimum absolute atomic E-state index is 0.00153. The molecular weight excluding hydrogens is 372 g/mol. The van der Waals surface area contributed by atoms with Crippen molar-refractivity contribution in [2.45, 2.75) is 18.4 Å². The fourth-order valence-corrected chi connectivity index (χ4v) is 3.83. The maximum absolute atomic E-state index is 13.0. The molecule has 2 aromatic carbocycles. The largest absolute Gasteiger partial charge is 0.377 e. The van der Waals surface area contributed by atoms with Crippen LogP contribution in [0.5, 0.6) is 0 Å². The van der Waals surface area contributed by atoms with Gasteiger partial charge in [-0.25, -0.2) is 0 Å². The van der Waals surface area contributed by atoms with Gasteiger partial charge >= 0.3 is 0 Å². The number of aromatic nitrogens is 1. The number of aryl methyl sites for hydroxylation is 1. The van der Waals surface area contributed by atoms with Gasteiger partial charge in [-0.05, 0) is 24.3 Å². The lowest BCUT2D eigenvalue weighted by atomic mass is 9.91. The average Bonchev–Trinajstić information content (AvgIpc) is 3.04. The van der Waals surface area contributed by atoms with E-state index in [2.05, 4.69) is 11.8 Å². The smallest absolute Gasteiger partial charge is 0.256 e. The van der Waals surface area contributed by atoms with E-state index in [4.69, 9.17) is 11.6 Å². The Morgan fingerprint density at radius 1 is 1.14 bits per heavy atom. The molecule has 0 unspecified atom stereocenters. The third-order valence-electron chi connectivity index (χ3n) is 5.27. The minimum atomic E-state index is -1.09. The van der Waals surface area contributed by atoms with Crippen molar-refractivity contribution in [1.82, 2.24) is 9.47 Å². The second kappa shape index (κ2) is 7.35. The van der Waals surface area contributed by atoms with Gasteiger partial charge in [-0.1, -0.05) is 47.7 Å². The summed E-state index contributed by atoms with van der Waals surface area (Å²) in [5.41, 5.74) is 1.42. The molecule has 28 heavy (non-hydrogen) atoms. The predicted octanol–water partition coefficient (Wildman–Crippen LogP) is 3.85. The normalized spacial score (nSPS) is 15.9. The number of rotatable bonds is 1. The Morgan fingerprint density at radius 2 is 1.89 bits per heavy atom. The van der Waals surface area contributed by atoms with Crippen LogP contribution in [0.15, 0.2) is 54.7 Å². The number of hydrogen-bond acceptors (Lipinski definition) is 2. The van der Waals surface area contributed by atoms with E-state index < -0.39 is 5.60 Å². The van der Waals surface area contributed by atoms with Gasteiger partial charge in [0.15, 0.2) is 0 Å². The van der Waals surface area contributed by atoms with E-state index in [1.807, 2.05) is 54.2 Å². The average molecular weight is 393 g/mol. The lowest BCUT2D eigenvalue weighted by Crippen LogP contribution is -2.46. The van der Waals surface area contributed by atoms with Crippen molar-refractivity contribution in [3.63, 3.8) is 0 Å². The number of benzene rings is 2. The number of carbonyl (C=O) groups excluding carboxylic acids is 1. The summed E-state index contributed by atoms with van der Waals surface area (Å²) in [6, 6.07) is 15.2. The minimum Gasteiger partial charge on any atom is -0.377 e. The van der Waals surface area contributed by atoms with Crippen LogP contribution in [0.2, 0.25) is 5.02 Å². The van der Waals surface area contributed by atoms with Gasteiger partial charge in [0.05, 0.1) is 5.56 Å². The second-order valence-corrected chi connectivity index (χ2v) is 7.69. The van der Waals surface area contributed by atoms with Crippen molar-refractivity contribution >= 4 is 28.4 Å². The monoisotopic (exact) mass is 392 g/mol. The number of piperidine rings is 1. The van der Waals surface area contributed by atoms with Crippen LogP contribution < -0.4 is 0 Å². The summed E-state index contributed by atoms with van der Waals surface area (Å²) in [6.45, 7) is 0.950. The quantitative estimate of drug-likeness (QED) is 0.639. The van der Waals surface area contributed by atoms with Gasteiger partial charge in [0, 0.05) is 60.7 Å². The number of carbonyl (C=O) groups is 1. The summed E-state index contributed by atoms with van der Waals surface area (Å²) < 4.78 is 1.97. The van der Waals surface area contributed by atoms with Gasteiger partial charge in [-0.15, -0.1) is 0 Å². The fraction of sp³-hybridized carbons (Fsp3) is 0.261. The molecule has 1 amide bonds. The Hall–Kier alpha value is -2.74. The number of hydrogen-bond donors (Lipinski definition) is 1. The molecule has 0 spiro atoms. The van der Waals surface area contributed by atoms with E-state index in [1.165, 1.54) is 0 Å². The van der Waals surface area contributed by atoms with Crippen molar-refractivity contribution in [2.24, 2.45) is 7.05 Å². The SMILES string of the molecule is Cn1cc(C(=O)N2CCC(O)(C#Cc3cccc(Cl)c3)CC2)c2ccccc21. The Morgan fingerprint density at radius 3 is 2.64 bits per heavy atom. The summed E-state index contributed by atoms with van der Waals surface area (Å²) >= 11 is 5.98. The summed E-state index contributed by atoms with van der Waals surface area (Å²) in [7, 11) is 1.94. The van der Waals surface area contributed by atoms with Gasteiger partial charge in [0.25, 0.3) is 5.91 Å². The van der Waals surface area contributed by atoms with Crippen LogP contribution in [-0.2, 0) is 7.05 Å². The molecule has 1 fully saturated rings. The molecular formula is C23H21ClN2O2. The predicted molar refractivity (Wildman–Crippen MR) is 111 cm³/mol. The molecule has 0 aliphatic carbocycles. The molecule has 2 heterocycles. The standard InChI is InChI=1S/C23H21ClN2O2/c1-25-16-20(19-7-2-3-8-21(19)25)22(27)26-13-11-23(28,12-14-26)10-9-17-5-4-6-18(24)15-17/h2-8,15-16,28H,11-14H2,1H3. The molecule has 4 nitrogen and oxygen atoms in total. The molecule has 142 valence electrons. The van der Waals surface area contributed by atoms with Crippen LogP contribution >= 0.6 is 11.6 Å². The molecule has 1 aliphatic rings. The molecule has 0 radical (unpaired) electrons. The molecule has 0 bridgehead atoms. The van der Waals surface area contributed by atoms with Crippen molar-refractivity contribution in [2.75, 3.05) is 13.1 Å². The number of amides is 1. The fourth-order valence-electron chi connectivity index (χ4n) is 3.64. The first-order chi connectivity index (χ1) is 13.5. The van der Waals surface area contributed by atoms with Crippen LogP contribution in [0.3, 0.4) is 0 Å². The van der Waals surface area contributed by atoms with Crippen molar-refractivity contribution < 1.29 is 9.90 Å². The van der Waals surface area contributed by atoms with Crippen molar-refractivity contribution in [1.29, 1.82) is 0 Å². The third-order valence-corrected chi connectivity index (χ3v) is 5.50. The van der Waals surface area contributed by atoms with Crippen LogP contribution in [0.4, 0.5) is 0 Å².